The van der Waals surface area contributed by atoms with E-state index in [0.29, 0.717) is 28.3 Å². The second kappa shape index (κ2) is 6.81. The molecular formula is C19H13N3O3. The summed E-state index contributed by atoms with van der Waals surface area (Å²) in [5.41, 5.74) is 2.85. The first-order chi connectivity index (χ1) is 12.1. The lowest BCUT2D eigenvalue weighted by Gasteiger charge is -1.99. The van der Waals surface area contributed by atoms with Crippen molar-refractivity contribution in [1.82, 2.24) is 0 Å². The molecule has 0 saturated heterocycles. The Hall–Kier alpha value is -3.72. The van der Waals surface area contributed by atoms with Crippen LogP contribution < -0.4 is 0 Å². The Morgan fingerprint density at radius 1 is 1.16 bits per heavy atom. The van der Waals surface area contributed by atoms with E-state index >= 15 is 0 Å². The first kappa shape index (κ1) is 16.1. The smallest absolute Gasteiger partial charge is 0.269 e. The van der Waals surface area contributed by atoms with E-state index in [1.54, 1.807) is 37.4 Å². The Morgan fingerprint density at radius 2 is 1.92 bits per heavy atom. The van der Waals surface area contributed by atoms with Crippen LogP contribution in [-0.4, -0.2) is 11.1 Å². The summed E-state index contributed by atoms with van der Waals surface area (Å²) in [4.78, 5) is 14.6. The van der Waals surface area contributed by atoms with Crippen molar-refractivity contribution in [3.63, 3.8) is 0 Å². The van der Waals surface area contributed by atoms with Crippen molar-refractivity contribution in [2.75, 3.05) is 0 Å². The molecule has 0 N–H and O–H groups in total. The SMILES string of the molecule is Cc1cc([N+](=O)[O-])ccc1N=Cc1ccc(-c2ccc(C#N)cc2)o1. The molecule has 2 aromatic carbocycles. The quantitative estimate of drug-likeness (QED) is 0.390. The van der Waals surface area contributed by atoms with Crippen LogP contribution in [-0.2, 0) is 0 Å². The summed E-state index contributed by atoms with van der Waals surface area (Å²) in [6, 6.07) is 17.3. The first-order valence-electron chi connectivity index (χ1n) is 7.46. The maximum atomic E-state index is 10.8. The van der Waals surface area contributed by atoms with Gasteiger partial charge in [-0.05, 0) is 55.0 Å². The predicted molar refractivity (Wildman–Crippen MR) is 93.9 cm³/mol. The van der Waals surface area contributed by atoms with E-state index in [0.717, 1.165) is 5.56 Å². The minimum absolute atomic E-state index is 0.0394. The Bertz CT molecular complexity index is 995. The fraction of sp³-hybridized carbons (Fsp3) is 0.0526. The zero-order chi connectivity index (χ0) is 17.8. The average Bonchev–Trinajstić information content (AvgIpc) is 3.09. The molecule has 0 spiro atoms. The molecule has 0 radical (unpaired) electrons. The predicted octanol–water partition coefficient (Wildman–Crippen LogP) is 4.79. The molecule has 6 nitrogen and oxygen atoms in total. The molecule has 122 valence electrons. The van der Waals surface area contributed by atoms with Crippen LogP contribution in [0.4, 0.5) is 11.4 Å². The summed E-state index contributed by atoms with van der Waals surface area (Å²) in [6.07, 6.45) is 1.57. The molecule has 0 aliphatic rings. The van der Waals surface area contributed by atoms with Gasteiger partial charge < -0.3 is 4.42 Å². The molecule has 0 amide bonds. The van der Waals surface area contributed by atoms with Crippen molar-refractivity contribution in [3.8, 4) is 17.4 Å². The van der Waals surface area contributed by atoms with Crippen molar-refractivity contribution >= 4 is 17.6 Å². The molecule has 6 heteroatoms. The Labute approximate surface area is 143 Å². The van der Waals surface area contributed by atoms with E-state index in [1.807, 2.05) is 18.2 Å². The van der Waals surface area contributed by atoms with Crippen LogP contribution in [0.25, 0.3) is 11.3 Å². The Kier molecular flexibility index (Phi) is 4.40. The van der Waals surface area contributed by atoms with Gasteiger partial charge in [-0.15, -0.1) is 0 Å². The summed E-state index contributed by atoms with van der Waals surface area (Å²) in [5, 5.41) is 19.6. The largest absolute Gasteiger partial charge is 0.455 e. The molecule has 0 aliphatic heterocycles. The number of nitriles is 1. The summed E-state index contributed by atoms with van der Waals surface area (Å²) in [7, 11) is 0. The second-order valence-corrected chi connectivity index (χ2v) is 5.38. The van der Waals surface area contributed by atoms with Gasteiger partial charge in [-0.1, -0.05) is 0 Å². The number of rotatable bonds is 4. The van der Waals surface area contributed by atoms with Crippen LogP contribution in [0.2, 0.25) is 0 Å². The molecule has 0 bridgehead atoms. The van der Waals surface area contributed by atoms with Gasteiger partial charge in [0.15, 0.2) is 0 Å². The van der Waals surface area contributed by atoms with E-state index in [2.05, 4.69) is 11.1 Å². The van der Waals surface area contributed by atoms with Gasteiger partial charge in [0.2, 0.25) is 0 Å². The number of nitro benzene ring substituents is 1. The highest BCUT2D eigenvalue weighted by Gasteiger charge is 2.08. The monoisotopic (exact) mass is 331 g/mol. The van der Waals surface area contributed by atoms with Gasteiger partial charge in [-0.25, -0.2) is 0 Å². The van der Waals surface area contributed by atoms with Gasteiger partial charge in [0, 0.05) is 17.7 Å². The van der Waals surface area contributed by atoms with E-state index in [1.165, 1.54) is 12.1 Å². The average molecular weight is 331 g/mol. The third kappa shape index (κ3) is 3.62. The van der Waals surface area contributed by atoms with Crippen molar-refractivity contribution < 1.29 is 9.34 Å². The lowest BCUT2D eigenvalue weighted by Crippen LogP contribution is -1.88. The molecule has 0 fully saturated rings. The summed E-state index contributed by atoms with van der Waals surface area (Å²) in [5.74, 6) is 1.24. The second-order valence-electron chi connectivity index (χ2n) is 5.38. The first-order valence-corrected chi connectivity index (χ1v) is 7.46. The molecular weight excluding hydrogens is 318 g/mol. The molecule has 1 aromatic heterocycles. The van der Waals surface area contributed by atoms with E-state index < -0.39 is 4.92 Å². The number of non-ortho nitro benzene ring substituents is 1. The summed E-state index contributed by atoms with van der Waals surface area (Å²) < 4.78 is 5.73. The molecule has 0 saturated carbocycles. The van der Waals surface area contributed by atoms with Gasteiger partial charge >= 0.3 is 0 Å². The normalized spacial score (nSPS) is 10.7. The maximum Gasteiger partial charge on any atom is 0.269 e. The number of nitrogens with zero attached hydrogens (tertiary/aromatic N) is 3. The minimum Gasteiger partial charge on any atom is -0.455 e. The van der Waals surface area contributed by atoms with Gasteiger partial charge in [-0.2, -0.15) is 5.26 Å². The van der Waals surface area contributed by atoms with Crippen molar-refractivity contribution in [3.05, 3.63) is 81.6 Å². The van der Waals surface area contributed by atoms with Gasteiger partial charge in [0.05, 0.1) is 28.5 Å². The van der Waals surface area contributed by atoms with Gasteiger partial charge in [0.1, 0.15) is 11.5 Å². The zero-order valence-electron chi connectivity index (χ0n) is 13.3. The fourth-order valence-electron chi connectivity index (χ4n) is 2.32. The standard InChI is InChI=1S/C19H13N3O3/c1-13-10-16(22(23)24)6-8-18(13)21-12-17-7-9-19(25-17)15-4-2-14(11-20)3-5-15/h2-10,12H,1H3. The van der Waals surface area contributed by atoms with Crippen LogP contribution in [0.5, 0.6) is 0 Å². The zero-order valence-corrected chi connectivity index (χ0v) is 13.3. The Balaban J connectivity index is 1.80. The van der Waals surface area contributed by atoms with E-state index in [9.17, 15) is 10.1 Å². The van der Waals surface area contributed by atoms with E-state index in [4.69, 9.17) is 9.68 Å². The topological polar surface area (TPSA) is 92.4 Å². The van der Waals surface area contributed by atoms with E-state index in [-0.39, 0.29) is 5.69 Å². The minimum atomic E-state index is -0.434. The molecule has 0 atom stereocenters. The number of hydrogen-bond donors (Lipinski definition) is 0. The Morgan fingerprint density at radius 3 is 2.56 bits per heavy atom. The summed E-state index contributed by atoms with van der Waals surface area (Å²) in [6.45, 7) is 1.77. The van der Waals surface area contributed by atoms with Crippen LogP contribution >= 0.6 is 0 Å². The number of benzene rings is 2. The maximum absolute atomic E-state index is 10.8. The highest BCUT2D eigenvalue weighted by molar-refractivity contribution is 5.80. The van der Waals surface area contributed by atoms with Crippen molar-refractivity contribution in [2.45, 2.75) is 6.92 Å². The number of aryl methyl sites for hydroxylation is 1. The van der Waals surface area contributed by atoms with Crippen LogP contribution in [0, 0.1) is 28.4 Å². The third-order valence-corrected chi connectivity index (χ3v) is 3.65. The van der Waals surface area contributed by atoms with Crippen molar-refractivity contribution in [2.24, 2.45) is 4.99 Å². The molecule has 1 heterocycles. The highest BCUT2D eigenvalue weighted by atomic mass is 16.6. The molecule has 0 aliphatic carbocycles. The number of hydrogen-bond acceptors (Lipinski definition) is 5. The fourth-order valence-corrected chi connectivity index (χ4v) is 2.32. The van der Waals surface area contributed by atoms with Gasteiger partial charge in [0.25, 0.3) is 5.69 Å². The molecule has 25 heavy (non-hydrogen) atoms. The molecule has 3 rings (SSSR count). The van der Waals surface area contributed by atoms with Crippen LogP contribution in [0.3, 0.4) is 0 Å². The summed E-state index contributed by atoms with van der Waals surface area (Å²) >= 11 is 0. The van der Waals surface area contributed by atoms with Crippen LogP contribution in [0.15, 0.2) is 64.0 Å². The third-order valence-electron chi connectivity index (χ3n) is 3.65. The number of aliphatic imine (C=N–C) groups is 1. The lowest BCUT2D eigenvalue weighted by atomic mass is 10.1. The molecule has 3 aromatic rings. The number of furan rings is 1. The highest BCUT2D eigenvalue weighted by Crippen LogP contribution is 2.25. The molecule has 0 unspecified atom stereocenters. The van der Waals surface area contributed by atoms with Crippen LogP contribution in [0.1, 0.15) is 16.9 Å². The van der Waals surface area contributed by atoms with Crippen molar-refractivity contribution in [1.29, 1.82) is 5.26 Å². The lowest BCUT2D eigenvalue weighted by molar-refractivity contribution is -0.384. The number of nitro groups is 1. The van der Waals surface area contributed by atoms with Gasteiger partial charge in [-0.3, -0.25) is 15.1 Å².